The van der Waals surface area contributed by atoms with Crippen molar-refractivity contribution in [2.24, 2.45) is 10.3 Å². The van der Waals surface area contributed by atoms with Crippen LogP contribution in [0.2, 0.25) is 5.02 Å². The Balaban J connectivity index is 1.48. The Hall–Kier alpha value is -3.46. The predicted octanol–water partition coefficient (Wildman–Crippen LogP) is 2.67. The van der Waals surface area contributed by atoms with Gasteiger partial charge in [-0.25, -0.2) is 4.90 Å². The number of nitrogens with zero attached hydrogens (tertiary/aromatic N) is 4. The number of ether oxygens (including phenoxy) is 1. The van der Waals surface area contributed by atoms with Crippen molar-refractivity contribution in [3.8, 4) is 5.75 Å². The molecular weight excluding hydrogens is 410 g/mol. The molecule has 2 aliphatic rings. The maximum absolute atomic E-state index is 12.9. The van der Waals surface area contributed by atoms with Gasteiger partial charge in [-0.05, 0) is 43.3 Å². The number of carbonyl (C=O) groups excluding carboxylic acids is 3. The Bertz CT molecular complexity index is 1030. The van der Waals surface area contributed by atoms with Crippen molar-refractivity contribution >= 4 is 40.7 Å². The number of hydrogen-bond acceptors (Lipinski definition) is 7. The predicted molar refractivity (Wildman–Crippen MR) is 109 cm³/mol. The lowest BCUT2D eigenvalue weighted by molar-refractivity contribution is -0.123. The van der Waals surface area contributed by atoms with Crippen LogP contribution in [0.5, 0.6) is 5.75 Å². The average Bonchev–Trinajstić information content (AvgIpc) is 3.24. The van der Waals surface area contributed by atoms with E-state index in [0.29, 0.717) is 28.8 Å². The molecule has 3 amide bonds. The van der Waals surface area contributed by atoms with E-state index in [9.17, 15) is 14.4 Å². The molecule has 2 aromatic rings. The number of nitrogens with one attached hydrogen (secondary N) is 1. The van der Waals surface area contributed by atoms with Gasteiger partial charge >= 0.3 is 0 Å². The monoisotopic (exact) mass is 427 g/mol. The van der Waals surface area contributed by atoms with E-state index in [1.165, 1.54) is 5.01 Å². The van der Waals surface area contributed by atoms with Crippen molar-refractivity contribution in [3.63, 3.8) is 0 Å². The van der Waals surface area contributed by atoms with Crippen molar-refractivity contribution in [1.82, 2.24) is 5.01 Å². The molecule has 0 bridgehead atoms. The van der Waals surface area contributed by atoms with Crippen LogP contribution in [0.1, 0.15) is 6.92 Å². The third-order valence-electron chi connectivity index (χ3n) is 4.71. The van der Waals surface area contributed by atoms with E-state index in [1.807, 2.05) is 6.92 Å². The largest absolute Gasteiger partial charge is 0.492 e. The highest BCUT2D eigenvalue weighted by Crippen LogP contribution is 2.32. The summed E-state index contributed by atoms with van der Waals surface area (Å²) >= 11 is 5.88. The number of hydrogen-bond donors (Lipinski definition) is 1. The number of carbonyl (C=O) groups is 3. The molecule has 2 atom stereocenters. The van der Waals surface area contributed by atoms with Crippen LogP contribution in [0.3, 0.4) is 0 Å². The van der Waals surface area contributed by atoms with Gasteiger partial charge in [-0.2, -0.15) is 5.11 Å². The molecule has 154 valence electrons. The lowest BCUT2D eigenvalue weighted by Gasteiger charge is -2.20. The van der Waals surface area contributed by atoms with Crippen LogP contribution in [-0.4, -0.2) is 48.0 Å². The molecule has 2 unspecified atom stereocenters. The van der Waals surface area contributed by atoms with Crippen LogP contribution < -0.4 is 15.0 Å². The lowest BCUT2D eigenvalue weighted by atomic mass is 10.1. The molecule has 30 heavy (non-hydrogen) atoms. The number of benzene rings is 2. The van der Waals surface area contributed by atoms with E-state index in [4.69, 9.17) is 16.3 Å². The van der Waals surface area contributed by atoms with Gasteiger partial charge in [-0.1, -0.05) is 29.0 Å². The highest BCUT2D eigenvalue weighted by atomic mass is 35.5. The Kier molecular flexibility index (Phi) is 5.37. The molecule has 1 N–H and O–H groups in total. The number of halogens is 1. The van der Waals surface area contributed by atoms with Gasteiger partial charge in [0.25, 0.3) is 11.8 Å². The fourth-order valence-corrected chi connectivity index (χ4v) is 3.51. The molecule has 0 radical (unpaired) electrons. The van der Waals surface area contributed by atoms with Crippen molar-refractivity contribution in [2.75, 3.05) is 23.4 Å². The van der Waals surface area contributed by atoms with E-state index < -0.39 is 29.8 Å². The fourth-order valence-electron chi connectivity index (χ4n) is 3.39. The molecular formula is C20H18ClN5O4. The molecule has 2 aromatic carbocycles. The summed E-state index contributed by atoms with van der Waals surface area (Å²) in [6, 6.07) is 11.4. The minimum atomic E-state index is -0.975. The fraction of sp³-hybridized carbons (Fsp3) is 0.250. The quantitative estimate of drug-likeness (QED) is 0.714. The van der Waals surface area contributed by atoms with Crippen LogP contribution in [0.25, 0.3) is 0 Å². The first kappa shape index (κ1) is 19.8. The first-order valence-corrected chi connectivity index (χ1v) is 9.70. The van der Waals surface area contributed by atoms with Crippen molar-refractivity contribution in [2.45, 2.75) is 19.0 Å². The highest BCUT2D eigenvalue weighted by molar-refractivity contribution is 6.31. The lowest BCUT2D eigenvalue weighted by Crippen LogP contribution is -2.43. The maximum Gasteiger partial charge on any atom is 0.263 e. The molecule has 2 heterocycles. The Labute approximate surface area is 177 Å². The average molecular weight is 428 g/mol. The molecule has 0 spiro atoms. The zero-order chi connectivity index (χ0) is 21.3. The molecule has 1 saturated heterocycles. The van der Waals surface area contributed by atoms with Gasteiger partial charge in [0.1, 0.15) is 12.3 Å². The van der Waals surface area contributed by atoms with E-state index >= 15 is 0 Å². The maximum atomic E-state index is 12.9. The van der Waals surface area contributed by atoms with Gasteiger partial charge in [0.2, 0.25) is 5.91 Å². The van der Waals surface area contributed by atoms with Gasteiger partial charge in [0, 0.05) is 5.02 Å². The Morgan fingerprint density at radius 2 is 1.87 bits per heavy atom. The first-order valence-electron chi connectivity index (χ1n) is 9.32. The standard InChI is InChI=1S/C20H18ClN5O4/c1-2-30-15-6-4-3-5-14(15)22-16(27)11-25-18-17(23-24-25)19(28)26(20(18)29)13-9-7-12(21)8-10-13/h3-10,17-18H,2,11H2,1H3,(H,22,27). The summed E-state index contributed by atoms with van der Waals surface area (Å²) in [5, 5.41) is 12.3. The second kappa shape index (κ2) is 8.11. The SMILES string of the molecule is CCOc1ccccc1NC(=O)CN1N=NC2C(=O)N(c3ccc(Cl)cc3)C(=O)C21. The van der Waals surface area contributed by atoms with E-state index in [2.05, 4.69) is 15.7 Å². The second-order valence-corrected chi connectivity index (χ2v) is 7.09. The smallest absolute Gasteiger partial charge is 0.263 e. The third kappa shape index (κ3) is 3.59. The van der Waals surface area contributed by atoms with Gasteiger partial charge in [-0.15, -0.1) is 0 Å². The molecule has 2 aliphatic heterocycles. The number of para-hydroxylation sites is 2. The summed E-state index contributed by atoms with van der Waals surface area (Å²) in [5.41, 5.74) is 0.905. The van der Waals surface area contributed by atoms with E-state index in [-0.39, 0.29) is 6.54 Å². The van der Waals surface area contributed by atoms with E-state index in [1.54, 1.807) is 48.5 Å². The Morgan fingerprint density at radius 1 is 1.13 bits per heavy atom. The summed E-state index contributed by atoms with van der Waals surface area (Å²) in [7, 11) is 0. The number of imide groups is 1. The highest BCUT2D eigenvalue weighted by Gasteiger charge is 2.55. The summed E-state index contributed by atoms with van der Waals surface area (Å²) in [6.07, 6.45) is 0. The zero-order valence-electron chi connectivity index (χ0n) is 16.0. The minimum Gasteiger partial charge on any atom is -0.492 e. The zero-order valence-corrected chi connectivity index (χ0v) is 16.7. The second-order valence-electron chi connectivity index (χ2n) is 6.66. The first-order chi connectivity index (χ1) is 14.5. The van der Waals surface area contributed by atoms with Crippen molar-refractivity contribution < 1.29 is 19.1 Å². The summed E-state index contributed by atoms with van der Waals surface area (Å²) in [5.74, 6) is -0.845. The van der Waals surface area contributed by atoms with Gasteiger partial charge in [-0.3, -0.25) is 19.4 Å². The molecule has 4 rings (SSSR count). The van der Waals surface area contributed by atoms with Crippen LogP contribution in [0.15, 0.2) is 58.9 Å². The van der Waals surface area contributed by atoms with E-state index in [0.717, 1.165) is 4.90 Å². The van der Waals surface area contributed by atoms with Crippen LogP contribution in [0.4, 0.5) is 11.4 Å². The topological polar surface area (TPSA) is 104 Å². The molecule has 9 nitrogen and oxygen atoms in total. The molecule has 0 aliphatic carbocycles. The van der Waals surface area contributed by atoms with Crippen molar-refractivity contribution in [1.29, 1.82) is 0 Å². The minimum absolute atomic E-state index is 0.237. The molecule has 1 fully saturated rings. The summed E-state index contributed by atoms with van der Waals surface area (Å²) in [4.78, 5) is 39.2. The molecule has 0 aromatic heterocycles. The Morgan fingerprint density at radius 3 is 2.60 bits per heavy atom. The van der Waals surface area contributed by atoms with Crippen LogP contribution >= 0.6 is 11.6 Å². The van der Waals surface area contributed by atoms with Crippen LogP contribution in [0, 0.1) is 0 Å². The molecule has 0 saturated carbocycles. The number of fused-ring (bicyclic) bond motifs is 1. The third-order valence-corrected chi connectivity index (χ3v) is 4.96. The summed E-state index contributed by atoms with van der Waals surface area (Å²) in [6.45, 7) is 2.06. The molecule has 10 heteroatoms. The number of amides is 3. The number of anilines is 2. The van der Waals surface area contributed by atoms with Crippen molar-refractivity contribution in [3.05, 3.63) is 53.6 Å². The van der Waals surface area contributed by atoms with Gasteiger partial charge in [0.15, 0.2) is 12.1 Å². The summed E-state index contributed by atoms with van der Waals surface area (Å²) < 4.78 is 5.49. The van der Waals surface area contributed by atoms with Gasteiger partial charge < -0.3 is 10.1 Å². The van der Waals surface area contributed by atoms with Crippen LogP contribution in [-0.2, 0) is 14.4 Å². The number of rotatable bonds is 6. The normalized spacial score (nSPS) is 19.9. The van der Waals surface area contributed by atoms with Gasteiger partial charge in [0.05, 0.1) is 18.0 Å².